The topological polar surface area (TPSA) is 110 Å². The lowest BCUT2D eigenvalue weighted by Gasteiger charge is -2.37. The second-order valence-corrected chi connectivity index (χ2v) is 8.36. The molecule has 2 N–H and O–H groups in total. The summed E-state index contributed by atoms with van der Waals surface area (Å²) in [7, 11) is -3.71. The smallest absolute Gasteiger partial charge is 0.270 e. The van der Waals surface area contributed by atoms with Gasteiger partial charge in [0.15, 0.2) is 0 Å². The predicted octanol–water partition coefficient (Wildman–Crippen LogP) is 0.638. The van der Waals surface area contributed by atoms with Crippen molar-refractivity contribution < 1.29 is 13.3 Å². The highest BCUT2D eigenvalue weighted by Gasteiger charge is 2.30. The minimum atomic E-state index is -3.71. The van der Waals surface area contributed by atoms with E-state index in [0.29, 0.717) is 32.7 Å². The van der Waals surface area contributed by atoms with Gasteiger partial charge in [-0.25, -0.2) is 8.42 Å². The van der Waals surface area contributed by atoms with Crippen LogP contribution in [-0.4, -0.2) is 60.8 Å². The number of nitro groups is 1. The zero-order chi connectivity index (χ0) is 17.3. The number of nitrogens with two attached hydrogens (primary N) is 1. The third-order valence-corrected chi connectivity index (χ3v) is 5.52. The van der Waals surface area contributed by atoms with Gasteiger partial charge in [-0.05, 0) is 19.9 Å². The fraction of sp³-hybridized carbons (Fsp3) is 0.571. The molecule has 0 spiro atoms. The Morgan fingerprint density at radius 3 is 2.39 bits per heavy atom. The van der Waals surface area contributed by atoms with Crippen molar-refractivity contribution in [3.63, 3.8) is 0 Å². The second-order valence-electron chi connectivity index (χ2n) is 6.42. The number of non-ortho nitro benzene ring substituents is 1. The maximum absolute atomic E-state index is 12.6. The molecule has 23 heavy (non-hydrogen) atoms. The summed E-state index contributed by atoms with van der Waals surface area (Å²) in [5.41, 5.74) is 5.43. The normalized spacial score (nSPS) is 18.0. The Labute approximate surface area is 136 Å². The van der Waals surface area contributed by atoms with Gasteiger partial charge in [-0.1, -0.05) is 6.07 Å². The van der Waals surface area contributed by atoms with Crippen LogP contribution < -0.4 is 5.73 Å². The molecule has 9 heteroatoms. The molecule has 1 saturated heterocycles. The summed E-state index contributed by atoms with van der Waals surface area (Å²) < 4.78 is 26.6. The molecule has 0 bridgehead atoms. The molecule has 1 aliphatic heterocycles. The van der Waals surface area contributed by atoms with Crippen molar-refractivity contribution in [3.05, 3.63) is 34.4 Å². The van der Waals surface area contributed by atoms with E-state index >= 15 is 0 Å². The molecule has 0 aliphatic carbocycles. The van der Waals surface area contributed by atoms with Crippen LogP contribution in [0.4, 0.5) is 5.69 Å². The molecule has 1 fully saturated rings. The van der Waals surface area contributed by atoms with E-state index in [0.717, 1.165) is 6.07 Å². The first kappa shape index (κ1) is 17.8. The van der Waals surface area contributed by atoms with Gasteiger partial charge in [-0.3, -0.25) is 15.0 Å². The van der Waals surface area contributed by atoms with Gasteiger partial charge in [0.1, 0.15) is 0 Å². The maximum atomic E-state index is 12.6. The van der Waals surface area contributed by atoms with E-state index in [9.17, 15) is 18.5 Å². The van der Waals surface area contributed by atoms with Gasteiger partial charge in [0, 0.05) is 50.4 Å². The quantitative estimate of drug-likeness (QED) is 0.621. The Bertz CT molecular complexity index is 676. The Kier molecular flexibility index (Phi) is 5.04. The number of hydrogen-bond donors (Lipinski definition) is 1. The van der Waals surface area contributed by atoms with Crippen LogP contribution in [0.25, 0.3) is 0 Å². The summed E-state index contributed by atoms with van der Waals surface area (Å²) in [5.74, 6) is 0. The monoisotopic (exact) mass is 342 g/mol. The van der Waals surface area contributed by atoms with Crippen LogP contribution in [0.15, 0.2) is 29.2 Å². The molecule has 0 atom stereocenters. The summed E-state index contributed by atoms with van der Waals surface area (Å²) >= 11 is 0. The lowest BCUT2D eigenvalue weighted by molar-refractivity contribution is -0.385. The van der Waals surface area contributed by atoms with E-state index < -0.39 is 14.9 Å². The van der Waals surface area contributed by atoms with Gasteiger partial charge >= 0.3 is 0 Å². The molecule has 1 aliphatic rings. The highest BCUT2D eigenvalue weighted by Crippen LogP contribution is 2.22. The van der Waals surface area contributed by atoms with Crippen LogP contribution in [-0.2, 0) is 10.0 Å². The molecule has 2 rings (SSSR count). The third kappa shape index (κ3) is 4.47. The number of hydrogen-bond acceptors (Lipinski definition) is 6. The molecule has 0 radical (unpaired) electrons. The molecular formula is C14H22N4O4S. The van der Waals surface area contributed by atoms with E-state index in [2.05, 4.69) is 4.90 Å². The highest BCUT2D eigenvalue weighted by atomic mass is 32.2. The number of nitro benzene ring substituents is 1. The summed E-state index contributed by atoms with van der Waals surface area (Å²) in [6, 6.07) is 5.15. The van der Waals surface area contributed by atoms with E-state index in [1.54, 1.807) is 0 Å². The standard InChI is InChI=1S/C14H22N4O4S/c1-14(2,15)11-16-6-8-17(9-7-16)23(21,22)13-5-3-4-12(10-13)18(19)20/h3-5,10H,6-9,11,15H2,1-2H3. The molecule has 1 heterocycles. The van der Waals surface area contributed by atoms with Crippen molar-refractivity contribution in [2.24, 2.45) is 5.73 Å². The largest absolute Gasteiger partial charge is 0.324 e. The van der Waals surface area contributed by atoms with Crippen LogP contribution in [0.1, 0.15) is 13.8 Å². The molecule has 8 nitrogen and oxygen atoms in total. The van der Waals surface area contributed by atoms with Gasteiger partial charge in [0.2, 0.25) is 10.0 Å². The van der Waals surface area contributed by atoms with Gasteiger partial charge in [0.25, 0.3) is 5.69 Å². The van der Waals surface area contributed by atoms with Crippen molar-refractivity contribution in [2.75, 3.05) is 32.7 Å². The minimum Gasteiger partial charge on any atom is -0.324 e. The van der Waals surface area contributed by atoms with Crippen LogP contribution in [0, 0.1) is 10.1 Å². The van der Waals surface area contributed by atoms with Gasteiger partial charge in [0.05, 0.1) is 9.82 Å². The van der Waals surface area contributed by atoms with Crippen LogP contribution in [0.3, 0.4) is 0 Å². The predicted molar refractivity (Wildman–Crippen MR) is 86.6 cm³/mol. The first-order valence-electron chi connectivity index (χ1n) is 7.35. The van der Waals surface area contributed by atoms with E-state index in [4.69, 9.17) is 5.73 Å². The molecule has 1 aromatic carbocycles. The first-order chi connectivity index (χ1) is 10.6. The molecular weight excluding hydrogens is 320 g/mol. The van der Waals surface area contributed by atoms with E-state index in [1.165, 1.54) is 22.5 Å². The fourth-order valence-electron chi connectivity index (χ4n) is 2.61. The Balaban J connectivity index is 2.10. The average Bonchev–Trinajstić information content (AvgIpc) is 2.46. The third-order valence-electron chi connectivity index (χ3n) is 3.63. The molecule has 1 aromatic rings. The van der Waals surface area contributed by atoms with E-state index in [1.807, 2.05) is 13.8 Å². The van der Waals surface area contributed by atoms with Crippen molar-refractivity contribution in [1.29, 1.82) is 0 Å². The zero-order valence-electron chi connectivity index (χ0n) is 13.3. The van der Waals surface area contributed by atoms with Gasteiger partial charge in [-0.15, -0.1) is 0 Å². The van der Waals surface area contributed by atoms with Crippen molar-refractivity contribution in [1.82, 2.24) is 9.21 Å². The Morgan fingerprint density at radius 1 is 1.26 bits per heavy atom. The van der Waals surface area contributed by atoms with Gasteiger partial charge < -0.3 is 5.73 Å². The number of sulfonamides is 1. The average molecular weight is 342 g/mol. The van der Waals surface area contributed by atoms with Crippen molar-refractivity contribution >= 4 is 15.7 Å². The molecule has 0 aromatic heterocycles. The number of piperazine rings is 1. The zero-order valence-corrected chi connectivity index (χ0v) is 14.1. The highest BCUT2D eigenvalue weighted by molar-refractivity contribution is 7.89. The molecule has 0 saturated carbocycles. The lowest BCUT2D eigenvalue weighted by atomic mass is 10.1. The molecule has 128 valence electrons. The number of nitrogens with zero attached hydrogens (tertiary/aromatic N) is 3. The summed E-state index contributed by atoms with van der Waals surface area (Å²) in [4.78, 5) is 12.3. The fourth-order valence-corrected chi connectivity index (χ4v) is 4.07. The van der Waals surface area contributed by atoms with Crippen LogP contribution in [0.5, 0.6) is 0 Å². The Hall–Kier alpha value is -1.55. The summed E-state index contributed by atoms with van der Waals surface area (Å²) in [6.45, 7) is 6.43. The van der Waals surface area contributed by atoms with Crippen LogP contribution >= 0.6 is 0 Å². The summed E-state index contributed by atoms with van der Waals surface area (Å²) in [5, 5.41) is 10.8. The SMILES string of the molecule is CC(C)(N)CN1CCN(S(=O)(=O)c2cccc([N+](=O)[O-])c2)CC1. The lowest BCUT2D eigenvalue weighted by Crippen LogP contribution is -2.53. The van der Waals surface area contributed by atoms with Crippen molar-refractivity contribution in [3.8, 4) is 0 Å². The van der Waals surface area contributed by atoms with E-state index in [-0.39, 0.29) is 16.1 Å². The Morgan fingerprint density at radius 2 is 1.87 bits per heavy atom. The summed E-state index contributed by atoms with van der Waals surface area (Å²) in [6.07, 6.45) is 0. The maximum Gasteiger partial charge on any atom is 0.270 e. The molecule has 0 amide bonds. The van der Waals surface area contributed by atoms with Crippen molar-refractivity contribution in [2.45, 2.75) is 24.3 Å². The van der Waals surface area contributed by atoms with Gasteiger partial charge in [-0.2, -0.15) is 4.31 Å². The molecule has 0 unspecified atom stereocenters. The number of benzene rings is 1. The van der Waals surface area contributed by atoms with Crippen LogP contribution in [0.2, 0.25) is 0 Å². The first-order valence-corrected chi connectivity index (χ1v) is 8.79. The second kappa shape index (κ2) is 6.52. The minimum absolute atomic E-state index is 0.0423. The number of rotatable bonds is 5.